The summed E-state index contributed by atoms with van der Waals surface area (Å²) in [7, 11) is 15.2. The van der Waals surface area contributed by atoms with Gasteiger partial charge in [-0.2, -0.15) is 0 Å². The first kappa shape index (κ1) is 17.4. The summed E-state index contributed by atoms with van der Waals surface area (Å²) in [6.45, 7) is 0. The minimum absolute atomic E-state index is 0. The molecule has 0 aliphatic carbocycles. The van der Waals surface area contributed by atoms with Gasteiger partial charge in [0.25, 0.3) is 0 Å². The summed E-state index contributed by atoms with van der Waals surface area (Å²) in [5, 5.41) is 0. The number of rotatable bonds is 3. The molecule has 0 aromatic rings. The maximum Gasteiger partial charge on any atom is 0.118 e. The Labute approximate surface area is 109 Å². The van der Waals surface area contributed by atoms with E-state index in [2.05, 4.69) is 70.9 Å². The number of hydrogen-bond donors (Lipinski definition) is 0. The third-order valence-electron chi connectivity index (χ3n) is 3.36. The molecule has 1 heterocycles. The molecule has 0 amide bonds. The maximum atomic E-state index is 4.52. The van der Waals surface area contributed by atoms with E-state index >= 15 is 0 Å². The monoisotopic (exact) mass is 280 g/mol. The van der Waals surface area contributed by atoms with Crippen molar-refractivity contribution in [3.05, 3.63) is 0 Å². The van der Waals surface area contributed by atoms with E-state index < -0.39 is 0 Å². The summed E-state index contributed by atoms with van der Waals surface area (Å²) < 4.78 is 6.85. The molecule has 0 aromatic carbocycles. The number of hydrogen-bond acceptors (Lipinski definition) is 4. The molecule has 1 aliphatic heterocycles. The lowest BCUT2D eigenvalue weighted by Gasteiger charge is -2.43. The minimum Gasteiger partial charge on any atom is -0.412 e. The van der Waals surface area contributed by atoms with Gasteiger partial charge in [0.2, 0.25) is 0 Å². The van der Waals surface area contributed by atoms with E-state index in [0.717, 1.165) is 6.42 Å². The zero-order valence-corrected chi connectivity index (χ0v) is 13.8. The van der Waals surface area contributed by atoms with Gasteiger partial charge >= 0.3 is 0 Å². The fourth-order valence-corrected chi connectivity index (χ4v) is 5.67. The van der Waals surface area contributed by atoms with Crippen LogP contribution in [0.3, 0.4) is 0 Å². The summed E-state index contributed by atoms with van der Waals surface area (Å²) >= 11 is 0. The van der Waals surface area contributed by atoms with Gasteiger partial charge < -0.3 is 5.48 Å². The molecule has 102 valence electrons. The molecule has 0 saturated carbocycles. The molecule has 2 unspecified atom stereocenters. The highest BCUT2D eigenvalue weighted by Crippen LogP contribution is 2.54. The second-order valence-corrected chi connectivity index (χ2v) is 7.51. The van der Waals surface area contributed by atoms with Gasteiger partial charge in [-0.3, -0.25) is 19.2 Å². The quantitative estimate of drug-likeness (QED) is 0.560. The van der Waals surface area contributed by atoms with Gasteiger partial charge in [0.05, 0.1) is 5.45 Å². The standard InChI is InChI=1S/C10H24N4P2.H2O/c1-12(2)10(13(3)4)7-8-16(14(5)6)9(10)11-15;/h7-8,15H2,1-6H3;1H2. The van der Waals surface area contributed by atoms with Crippen LogP contribution in [0.25, 0.3) is 0 Å². The summed E-state index contributed by atoms with van der Waals surface area (Å²) in [5.41, 5.74) is 1.31. The zero-order valence-electron chi connectivity index (χ0n) is 11.7. The first-order valence-electron chi connectivity index (χ1n) is 5.46. The predicted octanol–water partition coefficient (Wildman–Crippen LogP) is 0.532. The van der Waals surface area contributed by atoms with Gasteiger partial charge in [0, 0.05) is 8.07 Å². The topological polar surface area (TPSA) is 53.6 Å². The highest BCUT2D eigenvalue weighted by Gasteiger charge is 2.49. The van der Waals surface area contributed by atoms with Crippen molar-refractivity contribution in [3.63, 3.8) is 0 Å². The zero-order chi connectivity index (χ0) is 12.5. The molecular weight excluding hydrogens is 254 g/mol. The van der Waals surface area contributed by atoms with Gasteiger partial charge in [-0.1, -0.05) is 0 Å². The minimum atomic E-state index is -0.241. The molecule has 0 radical (unpaired) electrons. The molecule has 1 saturated heterocycles. The van der Waals surface area contributed by atoms with Crippen LogP contribution in [0.15, 0.2) is 4.76 Å². The lowest BCUT2D eigenvalue weighted by molar-refractivity contribution is 0.0737. The summed E-state index contributed by atoms with van der Waals surface area (Å²) in [4.78, 5) is 4.59. The van der Waals surface area contributed by atoms with E-state index in [4.69, 9.17) is 0 Å². The van der Waals surface area contributed by atoms with Crippen LogP contribution in [-0.4, -0.2) is 79.5 Å². The Morgan fingerprint density at radius 1 is 1.12 bits per heavy atom. The SMILES string of the molecule is CN(C)P1CCC(N(C)C)(N(C)C)C1=NP.O. The lowest BCUT2D eigenvalue weighted by atomic mass is 10.1. The number of nitrogens with zero attached hydrogens (tertiary/aromatic N) is 4. The maximum absolute atomic E-state index is 4.52. The van der Waals surface area contributed by atoms with E-state index in [9.17, 15) is 0 Å². The van der Waals surface area contributed by atoms with Crippen molar-refractivity contribution >= 4 is 22.9 Å². The van der Waals surface area contributed by atoms with Gasteiger partial charge in [0.1, 0.15) is 5.66 Å². The van der Waals surface area contributed by atoms with Crippen LogP contribution in [0.1, 0.15) is 6.42 Å². The Balaban J connectivity index is 0.00000256. The Hall–Kier alpha value is 0.370. The Morgan fingerprint density at radius 3 is 1.88 bits per heavy atom. The van der Waals surface area contributed by atoms with Crippen LogP contribution < -0.4 is 0 Å². The summed E-state index contributed by atoms with van der Waals surface area (Å²) in [5.74, 6) is 0. The van der Waals surface area contributed by atoms with Crippen LogP contribution in [0.2, 0.25) is 0 Å². The first-order chi connectivity index (χ1) is 7.37. The van der Waals surface area contributed by atoms with Crippen molar-refractivity contribution in [2.45, 2.75) is 12.1 Å². The average Bonchev–Trinajstić information content (AvgIpc) is 2.56. The lowest BCUT2D eigenvalue weighted by Crippen LogP contribution is -2.58. The van der Waals surface area contributed by atoms with Crippen molar-refractivity contribution in [3.8, 4) is 0 Å². The molecular formula is C10H26N4OP2. The van der Waals surface area contributed by atoms with E-state index in [1.54, 1.807) is 0 Å². The Bertz CT molecular complexity index is 273. The van der Waals surface area contributed by atoms with Crippen LogP contribution in [0, 0.1) is 0 Å². The van der Waals surface area contributed by atoms with Crippen molar-refractivity contribution in [2.24, 2.45) is 4.76 Å². The molecule has 0 bridgehead atoms. The molecule has 1 aliphatic rings. The highest BCUT2D eigenvalue weighted by molar-refractivity contribution is 7.74. The van der Waals surface area contributed by atoms with Crippen molar-refractivity contribution in [1.29, 1.82) is 0 Å². The van der Waals surface area contributed by atoms with Crippen LogP contribution in [-0.2, 0) is 0 Å². The second-order valence-electron chi connectivity index (χ2n) is 4.78. The van der Waals surface area contributed by atoms with E-state index in [1.807, 2.05) is 0 Å². The van der Waals surface area contributed by atoms with Crippen molar-refractivity contribution in [1.82, 2.24) is 14.5 Å². The molecule has 0 spiro atoms. The van der Waals surface area contributed by atoms with Crippen molar-refractivity contribution in [2.75, 3.05) is 48.4 Å². The Morgan fingerprint density at radius 2 is 1.59 bits per heavy atom. The van der Waals surface area contributed by atoms with Gasteiger partial charge in [-0.15, -0.1) is 0 Å². The molecule has 1 fully saturated rings. The summed E-state index contributed by atoms with van der Waals surface area (Å²) in [6.07, 6.45) is 2.38. The van der Waals surface area contributed by atoms with Crippen molar-refractivity contribution < 1.29 is 5.48 Å². The average molecular weight is 280 g/mol. The molecule has 17 heavy (non-hydrogen) atoms. The van der Waals surface area contributed by atoms with Crippen LogP contribution in [0.4, 0.5) is 0 Å². The molecule has 2 N–H and O–H groups in total. The molecule has 1 rings (SSSR count). The molecule has 0 aromatic heterocycles. The fourth-order valence-electron chi connectivity index (χ4n) is 2.49. The normalized spacial score (nSPS) is 26.0. The largest absolute Gasteiger partial charge is 0.412 e. The molecule has 7 heteroatoms. The molecule has 5 nitrogen and oxygen atoms in total. The van der Waals surface area contributed by atoms with Gasteiger partial charge in [-0.25, -0.2) is 0 Å². The third-order valence-corrected chi connectivity index (χ3v) is 6.41. The van der Waals surface area contributed by atoms with E-state index in [0.29, 0.717) is 0 Å². The predicted molar refractivity (Wildman–Crippen MR) is 81.0 cm³/mol. The third kappa shape index (κ3) is 2.86. The highest BCUT2D eigenvalue weighted by atomic mass is 31.1. The Kier molecular flexibility index (Phi) is 6.65. The van der Waals surface area contributed by atoms with Crippen LogP contribution in [0.5, 0.6) is 0 Å². The van der Waals surface area contributed by atoms with Gasteiger partial charge in [0.15, 0.2) is 0 Å². The van der Waals surface area contributed by atoms with E-state index in [1.165, 1.54) is 11.6 Å². The first-order valence-corrected chi connectivity index (χ1v) is 7.45. The smallest absolute Gasteiger partial charge is 0.118 e. The second kappa shape index (κ2) is 6.51. The molecule has 2 atom stereocenters. The van der Waals surface area contributed by atoms with Crippen LogP contribution >= 0.6 is 17.5 Å². The van der Waals surface area contributed by atoms with E-state index in [-0.39, 0.29) is 19.2 Å². The fraction of sp³-hybridized carbons (Fsp3) is 0.900. The van der Waals surface area contributed by atoms with Gasteiger partial charge in [-0.05, 0) is 64.3 Å². The summed E-state index contributed by atoms with van der Waals surface area (Å²) in [6, 6.07) is 0.